The van der Waals surface area contributed by atoms with Crippen LogP contribution in [0.1, 0.15) is 254 Å². The Labute approximate surface area is 357 Å². The lowest BCUT2D eigenvalue weighted by atomic mass is 10.0. The van der Waals surface area contributed by atoms with E-state index >= 15 is 0 Å². The average Bonchev–Trinajstić information content (AvgIpc) is 3.20. The molecule has 0 aliphatic rings. The smallest absolute Gasteiger partial charge is 0.266 e. The third-order valence-corrected chi connectivity index (χ3v) is 11.8. The van der Waals surface area contributed by atoms with Crippen molar-refractivity contribution < 1.29 is 24.5 Å². The van der Waals surface area contributed by atoms with Crippen molar-refractivity contribution in [3.8, 4) is 23.0 Å². The largest absolute Gasteiger partial charge is 0.502 e. The highest BCUT2D eigenvalue weighted by molar-refractivity contribution is 5.95. The van der Waals surface area contributed by atoms with Gasteiger partial charge in [0.15, 0.2) is 34.6 Å². The molecule has 0 saturated carbocycles. The SMILES string of the molecule is CCCCCCCCCCCCCCCCCCn1cc(Oc2cn(CCCCCCCCCCCCCCCCCC)c(C(C)=O)c(O)c2=O)c(=O)c(O)c1C(C)=O. The van der Waals surface area contributed by atoms with E-state index in [2.05, 4.69) is 13.8 Å². The molecular formula is C50H84N2O7. The molecule has 2 aromatic rings. The molecule has 0 radical (unpaired) electrons. The summed E-state index contributed by atoms with van der Waals surface area (Å²) in [7, 11) is 0. The number of Topliss-reactive ketones (excluding diaryl/α,β-unsaturated/α-hetero) is 2. The van der Waals surface area contributed by atoms with E-state index < -0.39 is 33.9 Å². The van der Waals surface area contributed by atoms with Crippen LogP contribution < -0.4 is 15.6 Å². The molecule has 0 bridgehead atoms. The summed E-state index contributed by atoms with van der Waals surface area (Å²) in [6.07, 6.45) is 42.3. The second kappa shape index (κ2) is 32.4. The van der Waals surface area contributed by atoms with Crippen molar-refractivity contribution in [1.29, 1.82) is 0 Å². The monoisotopic (exact) mass is 825 g/mol. The van der Waals surface area contributed by atoms with E-state index in [0.29, 0.717) is 13.1 Å². The van der Waals surface area contributed by atoms with E-state index in [4.69, 9.17) is 4.74 Å². The van der Waals surface area contributed by atoms with Crippen LogP contribution in [-0.2, 0) is 13.1 Å². The van der Waals surface area contributed by atoms with E-state index in [1.807, 2.05) is 0 Å². The molecule has 2 rings (SSSR count). The summed E-state index contributed by atoms with van der Waals surface area (Å²) in [6, 6.07) is 0. The van der Waals surface area contributed by atoms with E-state index in [0.717, 1.165) is 51.4 Å². The number of hydrogen-bond donors (Lipinski definition) is 2. The minimum absolute atomic E-state index is 0.0982. The predicted octanol–water partition coefficient (Wildman–Crippen LogP) is 14.1. The molecule has 2 heterocycles. The summed E-state index contributed by atoms with van der Waals surface area (Å²) in [5.74, 6) is -3.02. The quantitative estimate of drug-likeness (QED) is 0.0510. The Balaban J connectivity index is 1.86. The molecule has 0 saturated heterocycles. The van der Waals surface area contributed by atoms with Crippen molar-refractivity contribution in [1.82, 2.24) is 9.13 Å². The molecule has 0 aliphatic carbocycles. The van der Waals surface area contributed by atoms with Crippen LogP contribution in [0, 0.1) is 0 Å². The summed E-state index contributed by atoms with van der Waals surface area (Å²) in [5.41, 5.74) is -2.03. The van der Waals surface area contributed by atoms with Gasteiger partial charge in [-0.15, -0.1) is 0 Å². The molecule has 0 atom stereocenters. The number of rotatable bonds is 38. The molecule has 2 N–H and O–H groups in total. The summed E-state index contributed by atoms with van der Waals surface area (Å²) >= 11 is 0. The van der Waals surface area contributed by atoms with Crippen molar-refractivity contribution in [2.24, 2.45) is 0 Å². The van der Waals surface area contributed by atoms with Crippen molar-refractivity contribution in [3.63, 3.8) is 0 Å². The van der Waals surface area contributed by atoms with Gasteiger partial charge in [-0.05, 0) is 12.8 Å². The molecule has 0 fully saturated rings. The molecule has 9 nitrogen and oxygen atoms in total. The predicted molar refractivity (Wildman–Crippen MR) is 244 cm³/mol. The summed E-state index contributed by atoms with van der Waals surface area (Å²) in [6.45, 7) is 7.89. The summed E-state index contributed by atoms with van der Waals surface area (Å²) in [4.78, 5) is 51.5. The van der Waals surface area contributed by atoms with Gasteiger partial charge >= 0.3 is 0 Å². The highest BCUT2D eigenvalue weighted by Crippen LogP contribution is 2.26. The number of aromatic hydroxyl groups is 2. The van der Waals surface area contributed by atoms with Crippen LogP contribution in [0.25, 0.3) is 0 Å². The highest BCUT2D eigenvalue weighted by atomic mass is 16.5. The van der Waals surface area contributed by atoms with Crippen molar-refractivity contribution in [2.75, 3.05) is 0 Å². The van der Waals surface area contributed by atoms with E-state index in [9.17, 15) is 29.4 Å². The molecular weight excluding hydrogens is 741 g/mol. The number of pyridine rings is 2. The standard InChI is InChI=1S/C50H84N2O7/c1-5-7-9-11-13-15-17-19-21-23-25-27-29-31-33-35-37-51-39-43(47(55)49(57)45(51)41(3)53)59-44-40-52(46(42(4)54)50(58)48(44)56)38-36-34-32-30-28-26-24-22-20-18-16-14-12-10-8-6-2/h39-40,57-58H,5-38H2,1-4H3. The zero-order valence-corrected chi connectivity index (χ0v) is 38.0. The fourth-order valence-corrected chi connectivity index (χ4v) is 8.26. The Morgan fingerprint density at radius 3 is 0.864 bits per heavy atom. The number of unbranched alkanes of at least 4 members (excludes halogenated alkanes) is 30. The third-order valence-electron chi connectivity index (χ3n) is 11.8. The summed E-state index contributed by atoms with van der Waals surface area (Å²) in [5, 5.41) is 21.7. The van der Waals surface area contributed by atoms with E-state index in [1.165, 1.54) is 189 Å². The van der Waals surface area contributed by atoms with Crippen LogP contribution in [0.4, 0.5) is 0 Å². The zero-order chi connectivity index (χ0) is 43.1. The van der Waals surface area contributed by atoms with Crippen LogP contribution in [0.5, 0.6) is 23.0 Å². The third kappa shape index (κ3) is 21.1. The molecule has 0 amide bonds. The molecule has 0 aliphatic heterocycles. The first-order valence-electron chi connectivity index (χ1n) is 24.3. The maximum absolute atomic E-state index is 13.2. The van der Waals surface area contributed by atoms with Gasteiger partial charge in [-0.1, -0.05) is 206 Å². The Morgan fingerprint density at radius 1 is 0.424 bits per heavy atom. The Bertz CT molecular complexity index is 1460. The number of ketones is 2. The van der Waals surface area contributed by atoms with Crippen LogP contribution in [0.3, 0.4) is 0 Å². The molecule has 2 aromatic heterocycles. The second-order valence-electron chi connectivity index (χ2n) is 17.2. The van der Waals surface area contributed by atoms with Gasteiger partial charge in [-0.2, -0.15) is 0 Å². The minimum atomic E-state index is -0.919. The topological polar surface area (TPSA) is 128 Å². The van der Waals surface area contributed by atoms with Crippen LogP contribution in [-0.4, -0.2) is 30.9 Å². The normalized spacial score (nSPS) is 11.4. The van der Waals surface area contributed by atoms with Gasteiger partial charge in [0.25, 0.3) is 10.9 Å². The summed E-state index contributed by atoms with van der Waals surface area (Å²) < 4.78 is 8.86. The van der Waals surface area contributed by atoms with Crippen LogP contribution in [0.15, 0.2) is 22.0 Å². The number of nitrogens with zero attached hydrogens (tertiary/aromatic N) is 2. The first kappa shape index (κ1) is 51.8. The highest BCUT2D eigenvalue weighted by Gasteiger charge is 2.23. The zero-order valence-electron chi connectivity index (χ0n) is 38.0. The molecule has 0 unspecified atom stereocenters. The first-order chi connectivity index (χ1) is 28.6. The fraction of sp³-hybridized carbons (Fsp3) is 0.760. The molecule has 336 valence electrons. The number of aromatic nitrogens is 2. The fourth-order valence-electron chi connectivity index (χ4n) is 8.26. The van der Waals surface area contributed by atoms with Gasteiger partial charge in [0.2, 0.25) is 0 Å². The number of carbonyl (C=O) groups excluding carboxylic acids is 2. The van der Waals surface area contributed by atoms with Gasteiger partial charge in [-0.3, -0.25) is 19.2 Å². The van der Waals surface area contributed by atoms with Gasteiger partial charge in [-0.25, -0.2) is 0 Å². The van der Waals surface area contributed by atoms with Gasteiger partial charge < -0.3 is 24.1 Å². The minimum Gasteiger partial charge on any atom is -0.502 e. The molecule has 0 spiro atoms. The Hall–Kier alpha value is -3.36. The van der Waals surface area contributed by atoms with Gasteiger partial charge in [0.1, 0.15) is 11.4 Å². The lowest BCUT2D eigenvalue weighted by Gasteiger charge is -2.17. The maximum Gasteiger partial charge on any atom is 0.266 e. The van der Waals surface area contributed by atoms with E-state index in [-0.39, 0.29) is 22.9 Å². The van der Waals surface area contributed by atoms with Crippen molar-refractivity contribution >= 4 is 11.6 Å². The average molecular weight is 825 g/mol. The first-order valence-corrected chi connectivity index (χ1v) is 24.3. The Morgan fingerprint density at radius 2 is 0.644 bits per heavy atom. The number of aryl methyl sites for hydroxylation is 2. The molecule has 0 aromatic carbocycles. The van der Waals surface area contributed by atoms with Gasteiger partial charge in [0.05, 0.1) is 12.4 Å². The maximum atomic E-state index is 13.2. The molecule has 9 heteroatoms. The lowest BCUT2D eigenvalue weighted by molar-refractivity contribution is 0.0991. The van der Waals surface area contributed by atoms with E-state index in [1.54, 1.807) is 0 Å². The second-order valence-corrected chi connectivity index (χ2v) is 17.2. The van der Waals surface area contributed by atoms with Crippen molar-refractivity contribution in [2.45, 2.75) is 246 Å². The van der Waals surface area contributed by atoms with Crippen LogP contribution >= 0.6 is 0 Å². The van der Waals surface area contributed by atoms with Crippen molar-refractivity contribution in [3.05, 3.63) is 44.2 Å². The number of hydrogen-bond acceptors (Lipinski definition) is 7. The number of ether oxygens (including phenoxy) is 1. The lowest BCUT2D eigenvalue weighted by Crippen LogP contribution is -2.21. The number of carbonyl (C=O) groups is 2. The van der Waals surface area contributed by atoms with Crippen LogP contribution in [0.2, 0.25) is 0 Å². The van der Waals surface area contributed by atoms with Gasteiger partial charge in [0, 0.05) is 26.9 Å². The molecule has 59 heavy (non-hydrogen) atoms. The Kier molecular flexibility index (Phi) is 28.4.